The second kappa shape index (κ2) is 9.10. The molecule has 29 heavy (non-hydrogen) atoms. The zero-order chi connectivity index (χ0) is 21.8. The number of nitro groups is 1. The van der Waals surface area contributed by atoms with Gasteiger partial charge < -0.3 is 10.1 Å². The number of carbonyl (C=O) groups is 1. The van der Waals surface area contributed by atoms with E-state index < -0.39 is 26.9 Å². The third kappa shape index (κ3) is 5.36. The van der Waals surface area contributed by atoms with E-state index in [2.05, 4.69) is 5.32 Å². The number of rotatable bonds is 8. The summed E-state index contributed by atoms with van der Waals surface area (Å²) in [5, 5.41) is 14.1. The number of nitro benzene ring substituents is 1. The molecule has 2 aromatic carbocycles. The Morgan fingerprint density at radius 2 is 2.00 bits per heavy atom. The lowest BCUT2D eigenvalue weighted by Crippen LogP contribution is -2.47. The van der Waals surface area contributed by atoms with Crippen LogP contribution in [0.3, 0.4) is 0 Å². The molecule has 0 saturated heterocycles. The van der Waals surface area contributed by atoms with Gasteiger partial charge in [0, 0.05) is 17.2 Å². The minimum Gasteiger partial charge on any atom is -0.495 e. The van der Waals surface area contributed by atoms with Gasteiger partial charge in [-0.3, -0.25) is 19.2 Å². The Balaban J connectivity index is 2.47. The molecule has 1 atom stereocenters. The number of nitrogens with zero attached hydrogens (tertiary/aromatic N) is 2. The van der Waals surface area contributed by atoms with Gasteiger partial charge in [-0.25, -0.2) is 8.42 Å². The van der Waals surface area contributed by atoms with Crippen LogP contribution in [0.4, 0.5) is 17.1 Å². The first-order chi connectivity index (χ1) is 13.6. The monoisotopic (exact) mass is 441 g/mol. The summed E-state index contributed by atoms with van der Waals surface area (Å²) < 4.78 is 31.0. The van der Waals surface area contributed by atoms with E-state index in [-0.39, 0.29) is 23.5 Å². The van der Waals surface area contributed by atoms with E-state index >= 15 is 0 Å². The summed E-state index contributed by atoms with van der Waals surface area (Å²) in [4.78, 5) is 23.4. The van der Waals surface area contributed by atoms with E-state index in [4.69, 9.17) is 16.3 Å². The minimum absolute atomic E-state index is 0.0155. The maximum Gasteiger partial charge on any atom is 0.271 e. The molecule has 0 unspecified atom stereocenters. The number of hydrogen-bond donors (Lipinski definition) is 1. The number of amides is 1. The molecule has 0 radical (unpaired) electrons. The molecule has 0 fully saturated rings. The highest BCUT2D eigenvalue weighted by Crippen LogP contribution is 2.30. The van der Waals surface area contributed by atoms with Crippen molar-refractivity contribution < 1.29 is 22.9 Å². The van der Waals surface area contributed by atoms with Gasteiger partial charge in [-0.1, -0.05) is 24.6 Å². The molecule has 2 aromatic rings. The second-order valence-corrected chi connectivity index (χ2v) is 8.39. The number of benzene rings is 2. The van der Waals surface area contributed by atoms with Gasteiger partial charge in [0.25, 0.3) is 5.69 Å². The van der Waals surface area contributed by atoms with Crippen LogP contribution in [-0.2, 0) is 14.8 Å². The number of ether oxygens (including phenoxy) is 1. The van der Waals surface area contributed by atoms with Crippen LogP contribution in [0.25, 0.3) is 0 Å². The van der Waals surface area contributed by atoms with Crippen molar-refractivity contribution in [2.45, 2.75) is 19.4 Å². The van der Waals surface area contributed by atoms with Crippen molar-refractivity contribution in [3.63, 3.8) is 0 Å². The van der Waals surface area contributed by atoms with Gasteiger partial charge in [-0.2, -0.15) is 0 Å². The molecule has 0 saturated carbocycles. The Bertz CT molecular complexity index is 1030. The van der Waals surface area contributed by atoms with Gasteiger partial charge in [0.15, 0.2) is 0 Å². The quantitative estimate of drug-likeness (QED) is 0.495. The standard InChI is InChI=1S/C18H20ClN3O6S/c1-4-16(18(23)20-15-10-12(19)8-9-17(15)28-2)21(29(3,26)27)13-6-5-7-14(11-13)22(24)25/h5-11,16H,4H2,1-3H3,(H,20,23)/t16-/m1/s1. The summed E-state index contributed by atoms with van der Waals surface area (Å²) in [6, 6.07) is 8.56. The van der Waals surface area contributed by atoms with Crippen molar-refractivity contribution in [1.82, 2.24) is 0 Å². The predicted octanol–water partition coefficient (Wildman–Crippen LogP) is 3.44. The molecule has 1 amide bonds. The number of anilines is 2. The Morgan fingerprint density at radius 1 is 1.31 bits per heavy atom. The maximum absolute atomic E-state index is 13.0. The third-order valence-corrected chi connectivity index (χ3v) is 5.46. The van der Waals surface area contributed by atoms with E-state index in [1.165, 1.54) is 31.4 Å². The molecule has 0 bridgehead atoms. The highest BCUT2D eigenvalue weighted by atomic mass is 35.5. The van der Waals surface area contributed by atoms with Gasteiger partial charge in [0.1, 0.15) is 11.8 Å². The fraction of sp³-hybridized carbons (Fsp3) is 0.278. The fourth-order valence-corrected chi connectivity index (χ4v) is 4.17. The lowest BCUT2D eigenvalue weighted by atomic mass is 10.1. The number of halogens is 1. The van der Waals surface area contributed by atoms with Gasteiger partial charge in [0.2, 0.25) is 15.9 Å². The Labute approximate surface area is 173 Å². The van der Waals surface area contributed by atoms with Crippen LogP contribution in [-0.4, -0.2) is 38.7 Å². The zero-order valence-electron chi connectivity index (χ0n) is 16.0. The molecule has 9 nitrogen and oxygen atoms in total. The van der Waals surface area contributed by atoms with Gasteiger partial charge >= 0.3 is 0 Å². The molecule has 0 aliphatic rings. The molecule has 0 aromatic heterocycles. The predicted molar refractivity (Wildman–Crippen MR) is 111 cm³/mol. The molecular weight excluding hydrogens is 422 g/mol. The molecule has 1 N–H and O–H groups in total. The molecular formula is C18H20ClN3O6S. The lowest BCUT2D eigenvalue weighted by molar-refractivity contribution is -0.384. The van der Waals surface area contributed by atoms with Crippen molar-refractivity contribution in [3.05, 3.63) is 57.6 Å². The Hall–Kier alpha value is -2.85. The van der Waals surface area contributed by atoms with E-state index in [0.29, 0.717) is 10.8 Å². The highest BCUT2D eigenvalue weighted by molar-refractivity contribution is 7.92. The van der Waals surface area contributed by atoms with Crippen LogP contribution in [0.5, 0.6) is 5.75 Å². The Kier molecular flexibility index (Phi) is 7.04. The number of sulfonamides is 1. The van der Waals surface area contributed by atoms with Crippen LogP contribution < -0.4 is 14.4 Å². The van der Waals surface area contributed by atoms with Crippen LogP contribution >= 0.6 is 11.6 Å². The van der Waals surface area contributed by atoms with Crippen molar-refractivity contribution >= 4 is 44.6 Å². The number of methoxy groups -OCH3 is 1. The van der Waals surface area contributed by atoms with Crippen molar-refractivity contribution in [1.29, 1.82) is 0 Å². The van der Waals surface area contributed by atoms with Crippen LogP contribution in [0.1, 0.15) is 13.3 Å². The van der Waals surface area contributed by atoms with Gasteiger partial charge in [-0.15, -0.1) is 0 Å². The topological polar surface area (TPSA) is 119 Å². The van der Waals surface area contributed by atoms with E-state index in [1.54, 1.807) is 19.1 Å². The summed E-state index contributed by atoms with van der Waals surface area (Å²) in [6.45, 7) is 1.63. The normalized spacial score (nSPS) is 12.1. The fourth-order valence-electron chi connectivity index (χ4n) is 2.80. The van der Waals surface area contributed by atoms with Crippen LogP contribution in [0.15, 0.2) is 42.5 Å². The Morgan fingerprint density at radius 3 is 2.55 bits per heavy atom. The number of carbonyl (C=O) groups excluding carboxylic acids is 1. The average Bonchev–Trinajstić information content (AvgIpc) is 2.65. The summed E-state index contributed by atoms with van der Waals surface area (Å²) in [6.07, 6.45) is 1.05. The molecule has 2 rings (SSSR count). The lowest BCUT2D eigenvalue weighted by Gasteiger charge is -2.30. The summed E-state index contributed by atoms with van der Waals surface area (Å²) >= 11 is 5.97. The van der Waals surface area contributed by atoms with Crippen molar-refractivity contribution in [3.8, 4) is 5.75 Å². The number of hydrogen-bond acceptors (Lipinski definition) is 6. The zero-order valence-corrected chi connectivity index (χ0v) is 17.5. The first-order valence-electron chi connectivity index (χ1n) is 8.46. The molecule has 0 aliphatic carbocycles. The van der Waals surface area contributed by atoms with E-state index in [9.17, 15) is 23.3 Å². The minimum atomic E-state index is -3.94. The van der Waals surface area contributed by atoms with E-state index in [1.807, 2.05) is 0 Å². The van der Waals surface area contributed by atoms with Crippen LogP contribution in [0.2, 0.25) is 5.02 Å². The summed E-state index contributed by atoms with van der Waals surface area (Å²) in [5.74, 6) is -0.288. The van der Waals surface area contributed by atoms with Crippen molar-refractivity contribution in [2.24, 2.45) is 0 Å². The van der Waals surface area contributed by atoms with Crippen molar-refractivity contribution in [2.75, 3.05) is 23.0 Å². The van der Waals surface area contributed by atoms with Gasteiger partial charge in [0.05, 0.1) is 29.7 Å². The largest absolute Gasteiger partial charge is 0.495 e. The summed E-state index contributed by atoms with van der Waals surface area (Å²) in [7, 11) is -2.52. The van der Waals surface area contributed by atoms with Crippen LogP contribution in [0, 0.1) is 10.1 Å². The molecule has 156 valence electrons. The smallest absolute Gasteiger partial charge is 0.271 e. The SMILES string of the molecule is CC[C@H](C(=O)Nc1cc(Cl)ccc1OC)N(c1cccc([N+](=O)[O-])c1)S(C)(=O)=O. The number of non-ortho nitro benzene ring substituents is 1. The third-order valence-electron chi connectivity index (χ3n) is 4.04. The second-order valence-electron chi connectivity index (χ2n) is 6.09. The highest BCUT2D eigenvalue weighted by Gasteiger charge is 2.32. The number of nitrogens with one attached hydrogen (secondary N) is 1. The molecule has 11 heteroatoms. The molecule has 0 spiro atoms. The molecule has 0 aliphatic heterocycles. The maximum atomic E-state index is 13.0. The summed E-state index contributed by atoms with van der Waals surface area (Å²) in [5.41, 5.74) is 0.000578. The van der Waals surface area contributed by atoms with E-state index in [0.717, 1.165) is 16.6 Å². The first kappa shape index (κ1) is 22.4. The average molecular weight is 442 g/mol. The van der Waals surface area contributed by atoms with Gasteiger partial charge in [-0.05, 0) is 30.7 Å². The molecule has 0 heterocycles. The first-order valence-corrected chi connectivity index (χ1v) is 10.7.